The van der Waals surface area contributed by atoms with E-state index >= 15 is 0 Å². The zero-order valence-electron chi connectivity index (χ0n) is 12.6. The molecule has 1 heteroatoms. The number of hydrogen-bond acceptors (Lipinski definition) is 0. The van der Waals surface area contributed by atoms with Crippen molar-refractivity contribution in [1.29, 1.82) is 0 Å². The van der Waals surface area contributed by atoms with Crippen LogP contribution in [-0.2, 0) is 0 Å². The summed E-state index contributed by atoms with van der Waals surface area (Å²) < 4.78 is 6.94. The molecule has 0 aromatic carbocycles. The molecule has 1 aliphatic rings. The minimum atomic E-state index is -1.68. The number of rotatable bonds is 11. The summed E-state index contributed by atoms with van der Waals surface area (Å²) in [5, 5.41) is 0. The second-order valence-corrected chi connectivity index (χ2v) is 20.5. The van der Waals surface area contributed by atoms with Gasteiger partial charge in [-0.3, -0.25) is 0 Å². The van der Waals surface area contributed by atoms with Crippen LogP contribution in [0.3, 0.4) is 0 Å². The van der Waals surface area contributed by atoms with Crippen LogP contribution in [0, 0.1) is 5.92 Å². The Hall–Kier alpha value is 0.799. The normalized spacial score (nSPS) is 16.4. The van der Waals surface area contributed by atoms with Crippen molar-refractivity contribution in [3.05, 3.63) is 0 Å². The van der Waals surface area contributed by atoms with Crippen LogP contribution in [0.15, 0.2) is 0 Å². The average Bonchev–Trinajstić information content (AvgIpc) is 3.15. The van der Waals surface area contributed by atoms with Crippen LogP contribution < -0.4 is 0 Å². The van der Waals surface area contributed by atoms with Gasteiger partial charge in [0, 0.05) is 0 Å². The van der Waals surface area contributed by atoms with E-state index in [1.54, 1.807) is 49.9 Å². The predicted molar refractivity (Wildman–Crippen MR) is 82.4 cm³/mol. The molecule has 0 nitrogen and oxygen atoms in total. The Balaban J connectivity index is 2.51. The molecule has 0 aromatic rings. The predicted octanol–water partition coefficient (Wildman–Crippen LogP) is 6.25. The molecule has 0 amide bonds. The van der Waals surface area contributed by atoms with Crippen LogP contribution in [0.25, 0.3) is 0 Å². The molecule has 1 rings (SSSR count). The quantitative estimate of drug-likeness (QED) is 0.389. The Morgan fingerprint density at radius 2 is 1.18 bits per heavy atom. The van der Waals surface area contributed by atoms with Gasteiger partial charge in [0.1, 0.15) is 0 Å². The molecule has 0 aromatic heterocycles. The van der Waals surface area contributed by atoms with Gasteiger partial charge in [-0.2, -0.15) is 0 Å². The van der Waals surface area contributed by atoms with E-state index in [2.05, 4.69) is 20.8 Å². The van der Waals surface area contributed by atoms with E-state index in [1.165, 1.54) is 25.2 Å². The van der Waals surface area contributed by atoms with Gasteiger partial charge in [0.2, 0.25) is 0 Å². The van der Waals surface area contributed by atoms with Gasteiger partial charge in [-0.25, -0.2) is 0 Å². The minimum absolute atomic E-state index is 1.20. The van der Waals surface area contributed by atoms with Crippen molar-refractivity contribution in [3.63, 3.8) is 0 Å². The van der Waals surface area contributed by atoms with Crippen LogP contribution in [0.4, 0.5) is 0 Å². The first-order valence-electron chi connectivity index (χ1n) is 8.26. The van der Waals surface area contributed by atoms with Crippen LogP contribution in [0.2, 0.25) is 17.7 Å². The molecule has 0 bridgehead atoms. The third-order valence-corrected chi connectivity index (χ3v) is 20.8. The molecule has 17 heavy (non-hydrogen) atoms. The second kappa shape index (κ2) is 8.82. The van der Waals surface area contributed by atoms with Gasteiger partial charge < -0.3 is 0 Å². The Bertz CT molecular complexity index is 162. The molecule has 0 N–H and O–H groups in total. The Morgan fingerprint density at radius 1 is 0.765 bits per heavy atom. The summed E-state index contributed by atoms with van der Waals surface area (Å²) in [7, 11) is 0. The Kier molecular flexibility index (Phi) is 8.23. The molecular weight excluding hydrogens is 311 g/mol. The van der Waals surface area contributed by atoms with Gasteiger partial charge >= 0.3 is 114 Å². The van der Waals surface area contributed by atoms with E-state index in [-0.39, 0.29) is 0 Å². The van der Waals surface area contributed by atoms with Crippen molar-refractivity contribution < 1.29 is 0 Å². The molecule has 0 heterocycles. The third kappa shape index (κ3) is 6.50. The van der Waals surface area contributed by atoms with Gasteiger partial charge in [0.05, 0.1) is 0 Å². The molecule has 0 radical (unpaired) electrons. The fraction of sp³-hybridized carbons (Fsp3) is 1.00. The summed E-state index contributed by atoms with van der Waals surface area (Å²) in [4.78, 5) is 0. The van der Waals surface area contributed by atoms with Crippen LogP contribution in [0.5, 0.6) is 0 Å². The van der Waals surface area contributed by atoms with Crippen molar-refractivity contribution in [2.24, 2.45) is 5.92 Å². The third-order valence-electron chi connectivity index (χ3n) is 4.60. The van der Waals surface area contributed by atoms with Gasteiger partial charge in [0.15, 0.2) is 0 Å². The zero-order chi connectivity index (χ0) is 12.6. The van der Waals surface area contributed by atoms with Gasteiger partial charge in [0.25, 0.3) is 0 Å². The van der Waals surface area contributed by atoms with E-state index < -0.39 is 18.4 Å². The molecule has 1 fully saturated rings. The zero-order valence-corrected chi connectivity index (χ0v) is 15.4. The number of hydrogen-bond donors (Lipinski definition) is 0. The van der Waals surface area contributed by atoms with Gasteiger partial charge in [-0.15, -0.1) is 0 Å². The molecule has 0 aliphatic heterocycles. The topological polar surface area (TPSA) is 0 Å². The second-order valence-electron chi connectivity index (χ2n) is 6.46. The molecule has 0 atom stereocenters. The average molecular weight is 345 g/mol. The van der Waals surface area contributed by atoms with Gasteiger partial charge in [-0.1, -0.05) is 0 Å². The summed E-state index contributed by atoms with van der Waals surface area (Å²) in [6, 6.07) is 0. The molecular formula is C16H34Sn. The maximum absolute atomic E-state index is 2.38. The first-order chi connectivity index (χ1) is 8.26. The summed E-state index contributed by atoms with van der Waals surface area (Å²) >= 11 is -1.68. The van der Waals surface area contributed by atoms with Crippen molar-refractivity contribution >= 4 is 18.4 Å². The molecule has 102 valence electrons. The molecule has 1 saturated carbocycles. The molecule has 0 saturated heterocycles. The SMILES string of the molecule is CCC[CH2][Sn]([CH2]CCC)([CH2]CCC)[CH2]C1CC1. The summed E-state index contributed by atoms with van der Waals surface area (Å²) in [5.74, 6) is 1.20. The summed E-state index contributed by atoms with van der Waals surface area (Å²) in [6.07, 6.45) is 12.1. The van der Waals surface area contributed by atoms with E-state index in [9.17, 15) is 0 Å². The van der Waals surface area contributed by atoms with Crippen molar-refractivity contribution in [3.8, 4) is 0 Å². The first kappa shape index (κ1) is 15.9. The van der Waals surface area contributed by atoms with Crippen molar-refractivity contribution in [2.45, 2.75) is 89.9 Å². The fourth-order valence-corrected chi connectivity index (χ4v) is 21.3. The number of unbranched alkanes of at least 4 members (excludes halogenated alkanes) is 3. The van der Waals surface area contributed by atoms with Crippen LogP contribution >= 0.6 is 0 Å². The van der Waals surface area contributed by atoms with E-state index in [0.29, 0.717) is 0 Å². The Labute approximate surface area is 114 Å². The summed E-state index contributed by atoms with van der Waals surface area (Å²) in [6.45, 7) is 7.15. The monoisotopic (exact) mass is 346 g/mol. The Morgan fingerprint density at radius 3 is 1.47 bits per heavy atom. The van der Waals surface area contributed by atoms with Crippen molar-refractivity contribution in [2.75, 3.05) is 0 Å². The van der Waals surface area contributed by atoms with Crippen LogP contribution in [-0.4, -0.2) is 18.4 Å². The summed E-state index contributed by atoms with van der Waals surface area (Å²) in [5.41, 5.74) is 0. The maximum atomic E-state index is 2.38. The molecule has 1 aliphatic carbocycles. The molecule has 0 unspecified atom stereocenters. The van der Waals surface area contributed by atoms with Crippen LogP contribution in [0.1, 0.15) is 72.1 Å². The van der Waals surface area contributed by atoms with E-state index in [0.717, 1.165) is 0 Å². The van der Waals surface area contributed by atoms with E-state index in [1.807, 2.05) is 0 Å². The van der Waals surface area contributed by atoms with Gasteiger partial charge in [-0.05, 0) is 0 Å². The molecule has 0 spiro atoms. The first-order valence-corrected chi connectivity index (χ1v) is 16.3. The van der Waals surface area contributed by atoms with Crippen molar-refractivity contribution in [1.82, 2.24) is 0 Å². The standard InChI is InChI=1S/C4H7.3C4H9.Sn/c1-4-2-3-4;3*1-3-4-2;/h4H,1-3H2;3*1,3-4H2,2H3;. The van der Waals surface area contributed by atoms with E-state index in [4.69, 9.17) is 0 Å². The fourth-order valence-electron chi connectivity index (χ4n) is 3.27.